The third-order valence-corrected chi connectivity index (χ3v) is 2.83. The summed E-state index contributed by atoms with van der Waals surface area (Å²) in [6, 6.07) is 0. The van der Waals surface area contributed by atoms with E-state index in [2.05, 4.69) is 10.4 Å². The van der Waals surface area contributed by atoms with Gasteiger partial charge in [0, 0.05) is 11.3 Å². The third-order valence-electron chi connectivity index (χ3n) is 2.22. The molecule has 0 radical (unpaired) electrons. The van der Waals surface area contributed by atoms with E-state index >= 15 is 0 Å². The summed E-state index contributed by atoms with van der Waals surface area (Å²) in [5.74, 6) is 0.797. The van der Waals surface area contributed by atoms with Gasteiger partial charge < -0.3 is 0 Å². The van der Waals surface area contributed by atoms with E-state index in [0.717, 1.165) is 5.92 Å². The molecule has 1 aliphatic rings. The van der Waals surface area contributed by atoms with E-state index in [0.29, 0.717) is 0 Å². The van der Waals surface area contributed by atoms with Crippen molar-refractivity contribution in [3.05, 3.63) is 16.6 Å². The summed E-state index contributed by atoms with van der Waals surface area (Å²) in [4.78, 5) is 4.32. The van der Waals surface area contributed by atoms with Crippen molar-refractivity contribution < 1.29 is 0 Å². The first-order valence-corrected chi connectivity index (χ1v) is 4.79. The number of rotatable bonds is 1. The van der Waals surface area contributed by atoms with Crippen molar-refractivity contribution in [3.63, 3.8) is 0 Å². The maximum Gasteiger partial charge on any atom is 0.0794 e. The molecule has 54 valence electrons. The summed E-state index contributed by atoms with van der Waals surface area (Å²) in [5.41, 5.74) is 3.27. The van der Waals surface area contributed by atoms with Gasteiger partial charge in [0.05, 0.1) is 11.2 Å². The van der Waals surface area contributed by atoms with Crippen LogP contribution in [0.5, 0.6) is 0 Å². The molecule has 10 heavy (non-hydrogen) atoms. The van der Waals surface area contributed by atoms with Crippen LogP contribution in [0.15, 0.2) is 10.9 Å². The molecule has 2 heteroatoms. The number of nitrogens with zero attached hydrogens (tertiary/aromatic N) is 1. The second-order valence-corrected chi connectivity index (χ2v) is 3.61. The van der Waals surface area contributed by atoms with Crippen molar-refractivity contribution in [2.24, 2.45) is 0 Å². The minimum atomic E-state index is 0.797. The van der Waals surface area contributed by atoms with Crippen LogP contribution >= 0.6 is 11.3 Å². The van der Waals surface area contributed by atoms with Gasteiger partial charge in [0.2, 0.25) is 0 Å². The summed E-state index contributed by atoms with van der Waals surface area (Å²) in [7, 11) is 0. The van der Waals surface area contributed by atoms with Crippen LogP contribution < -0.4 is 0 Å². The van der Waals surface area contributed by atoms with Crippen LogP contribution in [0.4, 0.5) is 0 Å². The van der Waals surface area contributed by atoms with Gasteiger partial charge in [-0.1, -0.05) is 12.8 Å². The van der Waals surface area contributed by atoms with Gasteiger partial charge in [0.1, 0.15) is 0 Å². The Morgan fingerprint density at radius 2 is 2.20 bits per heavy atom. The number of hydrogen-bond acceptors (Lipinski definition) is 2. The SMILES string of the molecule is c1nc(C2CCCC2)cs1. The van der Waals surface area contributed by atoms with Crippen molar-refractivity contribution in [2.45, 2.75) is 31.6 Å². The molecule has 1 nitrogen and oxygen atoms in total. The third kappa shape index (κ3) is 1.08. The lowest BCUT2D eigenvalue weighted by atomic mass is 10.1. The van der Waals surface area contributed by atoms with Crippen LogP contribution in [-0.4, -0.2) is 4.98 Å². The van der Waals surface area contributed by atoms with Crippen LogP contribution in [0, 0.1) is 0 Å². The maximum atomic E-state index is 4.32. The topological polar surface area (TPSA) is 12.9 Å². The molecule has 0 aliphatic heterocycles. The van der Waals surface area contributed by atoms with Gasteiger partial charge >= 0.3 is 0 Å². The van der Waals surface area contributed by atoms with Crippen molar-refractivity contribution in [3.8, 4) is 0 Å². The first-order chi connectivity index (χ1) is 4.97. The zero-order valence-electron chi connectivity index (χ0n) is 5.92. The normalized spacial score (nSPS) is 20.0. The lowest BCUT2D eigenvalue weighted by Gasteiger charge is -2.01. The van der Waals surface area contributed by atoms with Crippen molar-refractivity contribution in [1.82, 2.24) is 4.98 Å². The quantitative estimate of drug-likeness (QED) is 0.604. The Kier molecular flexibility index (Phi) is 1.72. The van der Waals surface area contributed by atoms with Gasteiger partial charge in [-0.3, -0.25) is 0 Å². The monoisotopic (exact) mass is 153 g/mol. The van der Waals surface area contributed by atoms with Gasteiger partial charge in [0.15, 0.2) is 0 Å². The summed E-state index contributed by atoms with van der Waals surface area (Å²) in [6.07, 6.45) is 5.54. The molecule has 1 aromatic heterocycles. The summed E-state index contributed by atoms with van der Waals surface area (Å²) >= 11 is 1.72. The lowest BCUT2D eigenvalue weighted by Crippen LogP contribution is -1.90. The van der Waals surface area contributed by atoms with Crippen LogP contribution in [0.3, 0.4) is 0 Å². The molecule has 0 bridgehead atoms. The highest BCUT2D eigenvalue weighted by molar-refractivity contribution is 7.07. The summed E-state index contributed by atoms with van der Waals surface area (Å²) in [5, 5.41) is 2.19. The number of hydrogen-bond donors (Lipinski definition) is 0. The van der Waals surface area contributed by atoms with Gasteiger partial charge in [-0.05, 0) is 12.8 Å². The lowest BCUT2D eigenvalue weighted by molar-refractivity contribution is 0.703. The molecule has 1 fully saturated rings. The molecule has 0 atom stereocenters. The molecule has 1 aliphatic carbocycles. The Labute approximate surface area is 65.1 Å². The van der Waals surface area contributed by atoms with E-state index in [1.807, 2.05) is 5.51 Å². The molecule has 0 amide bonds. The zero-order valence-corrected chi connectivity index (χ0v) is 6.73. The Hall–Kier alpha value is -0.370. The van der Waals surface area contributed by atoms with Crippen molar-refractivity contribution in [2.75, 3.05) is 0 Å². The number of aromatic nitrogens is 1. The summed E-state index contributed by atoms with van der Waals surface area (Å²) in [6.45, 7) is 0. The molecule has 1 heterocycles. The second-order valence-electron chi connectivity index (χ2n) is 2.89. The van der Waals surface area contributed by atoms with E-state index in [1.165, 1.54) is 31.4 Å². The summed E-state index contributed by atoms with van der Waals surface area (Å²) < 4.78 is 0. The van der Waals surface area contributed by atoms with Gasteiger partial charge in [-0.25, -0.2) is 4.98 Å². The standard InChI is InChI=1S/C8H11NS/c1-2-4-7(3-1)8-5-10-6-9-8/h5-7H,1-4H2. The zero-order chi connectivity index (χ0) is 6.81. The van der Waals surface area contributed by atoms with Crippen LogP contribution in [0.1, 0.15) is 37.3 Å². The largest absolute Gasteiger partial charge is 0.249 e. The molecule has 0 N–H and O–H groups in total. The average molecular weight is 153 g/mol. The fraction of sp³-hybridized carbons (Fsp3) is 0.625. The van der Waals surface area contributed by atoms with E-state index in [4.69, 9.17) is 0 Å². The van der Waals surface area contributed by atoms with Gasteiger partial charge in [-0.15, -0.1) is 11.3 Å². The Bertz CT molecular complexity index is 187. The molecule has 2 rings (SSSR count). The maximum absolute atomic E-state index is 4.32. The Balaban J connectivity index is 2.12. The van der Waals surface area contributed by atoms with Crippen LogP contribution in [-0.2, 0) is 0 Å². The minimum absolute atomic E-state index is 0.797. The fourth-order valence-corrected chi connectivity index (χ4v) is 2.28. The van der Waals surface area contributed by atoms with Crippen molar-refractivity contribution in [1.29, 1.82) is 0 Å². The molecule has 1 aromatic rings. The molecule has 0 unspecified atom stereocenters. The van der Waals surface area contributed by atoms with Crippen LogP contribution in [0.2, 0.25) is 0 Å². The molecule has 0 spiro atoms. The van der Waals surface area contributed by atoms with E-state index in [-0.39, 0.29) is 0 Å². The highest BCUT2D eigenvalue weighted by Gasteiger charge is 2.17. The molecular weight excluding hydrogens is 142 g/mol. The van der Waals surface area contributed by atoms with Gasteiger partial charge in [-0.2, -0.15) is 0 Å². The van der Waals surface area contributed by atoms with Gasteiger partial charge in [0.25, 0.3) is 0 Å². The molecule has 0 aromatic carbocycles. The smallest absolute Gasteiger partial charge is 0.0794 e. The number of thiazole rings is 1. The van der Waals surface area contributed by atoms with Crippen molar-refractivity contribution >= 4 is 11.3 Å². The Morgan fingerprint density at radius 3 is 2.80 bits per heavy atom. The second kappa shape index (κ2) is 2.70. The highest BCUT2D eigenvalue weighted by atomic mass is 32.1. The Morgan fingerprint density at radius 1 is 1.40 bits per heavy atom. The minimum Gasteiger partial charge on any atom is -0.249 e. The highest BCUT2D eigenvalue weighted by Crippen LogP contribution is 2.33. The average Bonchev–Trinajstić information content (AvgIpc) is 2.59. The van der Waals surface area contributed by atoms with E-state index in [1.54, 1.807) is 11.3 Å². The first-order valence-electron chi connectivity index (χ1n) is 3.85. The van der Waals surface area contributed by atoms with Crippen LogP contribution in [0.25, 0.3) is 0 Å². The molecule has 0 saturated heterocycles. The molecular formula is C8H11NS. The predicted molar refractivity (Wildman–Crippen MR) is 43.3 cm³/mol. The first kappa shape index (κ1) is 6.35. The molecule has 1 saturated carbocycles. The predicted octanol–water partition coefficient (Wildman–Crippen LogP) is 2.80. The van der Waals surface area contributed by atoms with E-state index < -0.39 is 0 Å². The van der Waals surface area contributed by atoms with E-state index in [9.17, 15) is 0 Å². The fourth-order valence-electron chi connectivity index (χ4n) is 1.65.